The van der Waals surface area contributed by atoms with Gasteiger partial charge in [-0.1, -0.05) is 19.1 Å². The van der Waals surface area contributed by atoms with Crippen LogP contribution in [0.5, 0.6) is 5.75 Å². The topological polar surface area (TPSA) is 21.3 Å². The van der Waals surface area contributed by atoms with Crippen LogP contribution in [0.2, 0.25) is 0 Å². The molecule has 0 saturated heterocycles. The van der Waals surface area contributed by atoms with Crippen molar-refractivity contribution in [3.05, 3.63) is 29.8 Å². The molecule has 0 aliphatic rings. The van der Waals surface area contributed by atoms with E-state index in [2.05, 4.69) is 30.6 Å². The molecule has 2 nitrogen and oxygen atoms in total. The molecule has 1 rings (SSSR count). The summed E-state index contributed by atoms with van der Waals surface area (Å²) in [5.41, 5.74) is 1.31. The molecule has 102 valence electrons. The van der Waals surface area contributed by atoms with Crippen LogP contribution in [-0.2, 0) is 6.54 Å². The van der Waals surface area contributed by atoms with Crippen LogP contribution in [0.1, 0.15) is 32.8 Å². The molecule has 0 radical (unpaired) electrons. The van der Waals surface area contributed by atoms with E-state index in [9.17, 15) is 0 Å². The number of benzene rings is 1. The average Bonchev–Trinajstić information content (AvgIpc) is 2.35. The Hall–Kier alpha value is -0.670. The molecule has 1 N–H and O–H groups in total. The van der Waals surface area contributed by atoms with Crippen LogP contribution in [-0.4, -0.2) is 24.2 Å². The molecule has 18 heavy (non-hydrogen) atoms. The maximum Gasteiger partial charge on any atom is 0.119 e. The van der Waals surface area contributed by atoms with E-state index in [0.717, 1.165) is 12.3 Å². The van der Waals surface area contributed by atoms with Gasteiger partial charge in [0.05, 0.1) is 6.10 Å². The van der Waals surface area contributed by atoms with Crippen LogP contribution in [0.3, 0.4) is 0 Å². The Kier molecular flexibility index (Phi) is 7.21. The summed E-state index contributed by atoms with van der Waals surface area (Å²) in [7, 11) is 0. The number of nitrogens with one attached hydrogen (secondary N) is 1. The van der Waals surface area contributed by atoms with Gasteiger partial charge in [0, 0.05) is 18.3 Å². The number of hydrogen-bond donors (Lipinski definition) is 1. The highest BCUT2D eigenvalue weighted by atomic mass is 32.2. The normalized spacial score (nSPS) is 12.7. The molecule has 0 saturated carbocycles. The monoisotopic (exact) mass is 267 g/mol. The highest BCUT2D eigenvalue weighted by Crippen LogP contribution is 2.14. The van der Waals surface area contributed by atoms with Gasteiger partial charge in [-0.05, 0) is 44.2 Å². The summed E-state index contributed by atoms with van der Waals surface area (Å²) in [5.74, 6) is 2.12. The second-order valence-corrected chi connectivity index (χ2v) is 5.66. The van der Waals surface area contributed by atoms with Crippen molar-refractivity contribution in [2.24, 2.45) is 0 Å². The minimum absolute atomic E-state index is 0.236. The zero-order chi connectivity index (χ0) is 13.4. The number of rotatable bonds is 8. The van der Waals surface area contributed by atoms with Gasteiger partial charge in [0.15, 0.2) is 0 Å². The molecule has 0 spiro atoms. The highest BCUT2D eigenvalue weighted by Gasteiger charge is 2.04. The van der Waals surface area contributed by atoms with Crippen molar-refractivity contribution >= 4 is 11.8 Å². The third kappa shape index (κ3) is 5.78. The van der Waals surface area contributed by atoms with Crippen LogP contribution < -0.4 is 10.1 Å². The highest BCUT2D eigenvalue weighted by molar-refractivity contribution is 7.98. The number of hydrogen-bond acceptors (Lipinski definition) is 3. The van der Waals surface area contributed by atoms with E-state index in [1.54, 1.807) is 0 Å². The fourth-order valence-electron chi connectivity index (χ4n) is 1.74. The third-order valence-electron chi connectivity index (χ3n) is 2.75. The van der Waals surface area contributed by atoms with Gasteiger partial charge in [-0.25, -0.2) is 0 Å². The van der Waals surface area contributed by atoms with Crippen LogP contribution in [0.4, 0.5) is 0 Å². The lowest BCUT2D eigenvalue weighted by Crippen LogP contribution is -2.30. The fourth-order valence-corrected chi connectivity index (χ4v) is 2.50. The third-order valence-corrected chi connectivity index (χ3v) is 3.49. The zero-order valence-electron chi connectivity index (χ0n) is 11.9. The van der Waals surface area contributed by atoms with E-state index in [-0.39, 0.29) is 6.10 Å². The summed E-state index contributed by atoms with van der Waals surface area (Å²) in [5, 5.41) is 3.59. The van der Waals surface area contributed by atoms with Gasteiger partial charge in [-0.15, -0.1) is 0 Å². The summed E-state index contributed by atoms with van der Waals surface area (Å²) >= 11 is 1.90. The Bertz CT molecular complexity index is 324. The molecule has 1 aromatic carbocycles. The Balaban J connectivity index is 2.43. The second kappa shape index (κ2) is 8.44. The standard InChI is InChI=1S/C15H25NOS/c1-5-14(11-18-4)16-10-13-6-8-15(9-7-13)17-12(2)3/h6-9,12,14,16H,5,10-11H2,1-4H3. The molecule has 0 bridgehead atoms. The van der Waals surface area contributed by atoms with E-state index in [4.69, 9.17) is 4.74 Å². The first-order valence-corrected chi connectivity index (χ1v) is 8.03. The summed E-state index contributed by atoms with van der Waals surface area (Å²) in [4.78, 5) is 0. The Labute approximate surface area is 116 Å². The lowest BCUT2D eigenvalue weighted by atomic mass is 10.2. The molecule has 1 atom stereocenters. The first kappa shape index (κ1) is 15.4. The molecule has 0 aromatic heterocycles. The number of thioether (sulfide) groups is 1. The summed E-state index contributed by atoms with van der Waals surface area (Å²) in [6.07, 6.45) is 3.57. The van der Waals surface area contributed by atoms with Crippen LogP contribution in [0.15, 0.2) is 24.3 Å². The van der Waals surface area contributed by atoms with Crippen molar-refractivity contribution in [2.45, 2.75) is 45.9 Å². The second-order valence-electron chi connectivity index (χ2n) is 4.75. The average molecular weight is 267 g/mol. The van der Waals surface area contributed by atoms with E-state index in [1.165, 1.54) is 17.7 Å². The molecule has 0 aliphatic carbocycles. The summed E-state index contributed by atoms with van der Waals surface area (Å²) in [6, 6.07) is 8.97. The predicted octanol–water partition coefficient (Wildman–Crippen LogP) is 3.71. The maximum absolute atomic E-state index is 5.63. The van der Waals surface area contributed by atoms with Gasteiger partial charge in [-0.3, -0.25) is 0 Å². The largest absolute Gasteiger partial charge is 0.491 e. The Morgan fingerprint density at radius 1 is 1.22 bits per heavy atom. The zero-order valence-corrected chi connectivity index (χ0v) is 12.7. The van der Waals surface area contributed by atoms with Gasteiger partial charge < -0.3 is 10.1 Å². The quantitative estimate of drug-likeness (QED) is 0.776. The SMILES string of the molecule is CCC(CSC)NCc1ccc(OC(C)C)cc1. The maximum atomic E-state index is 5.63. The molecule has 3 heteroatoms. The molecule has 1 unspecified atom stereocenters. The van der Waals surface area contributed by atoms with E-state index in [0.29, 0.717) is 6.04 Å². The van der Waals surface area contributed by atoms with Crippen molar-refractivity contribution in [1.82, 2.24) is 5.32 Å². The fraction of sp³-hybridized carbons (Fsp3) is 0.600. The molecular weight excluding hydrogens is 242 g/mol. The molecular formula is C15H25NOS. The lowest BCUT2D eigenvalue weighted by Gasteiger charge is -2.16. The predicted molar refractivity (Wildman–Crippen MR) is 81.5 cm³/mol. The van der Waals surface area contributed by atoms with Crippen molar-refractivity contribution in [1.29, 1.82) is 0 Å². The Morgan fingerprint density at radius 3 is 2.39 bits per heavy atom. The minimum atomic E-state index is 0.236. The first-order valence-electron chi connectivity index (χ1n) is 6.63. The van der Waals surface area contributed by atoms with Crippen LogP contribution in [0.25, 0.3) is 0 Å². The lowest BCUT2D eigenvalue weighted by molar-refractivity contribution is 0.242. The van der Waals surface area contributed by atoms with Gasteiger partial charge in [0.2, 0.25) is 0 Å². The Morgan fingerprint density at radius 2 is 1.89 bits per heavy atom. The number of ether oxygens (including phenoxy) is 1. The van der Waals surface area contributed by atoms with Gasteiger partial charge >= 0.3 is 0 Å². The van der Waals surface area contributed by atoms with E-state index < -0.39 is 0 Å². The first-order chi connectivity index (χ1) is 8.65. The van der Waals surface area contributed by atoms with Crippen molar-refractivity contribution < 1.29 is 4.74 Å². The smallest absolute Gasteiger partial charge is 0.119 e. The van der Waals surface area contributed by atoms with E-state index in [1.807, 2.05) is 37.7 Å². The van der Waals surface area contributed by atoms with Crippen LogP contribution in [0, 0.1) is 0 Å². The molecule has 0 aliphatic heterocycles. The minimum Gasteiger partial charge on any atom is -0.491 e. The molecule has 1 aromatic rings. The molecule has 0 heterocycles. The van der Waals surface area contributed by atoms with Crippen LogP contribution >= 0.6 is 11.8 Å². The van der Waals surface area contributed by atoms with Gasteiger partial charge in [0.25, 0.3) is 0 Å². The van der Waals surface area contributed by atoms with Gasteiger partial charge in [0.1, 0.15) is 5.75 Å². The van der Waals surface area contributed by atoms with Crippen molar-refractivity contribution in [3.8, 4) is 5.75 Å². The van der Waals surface area contributed by atoms with E-state index >= 15 is 0 Å². The van der Waals surface area contributed by atoms with Crippen molar-refractivity contribution in [3.63, 3.8) is 0 Å². The molecule has 0 fully saturated rings. The summed E-state index contributed by atoms with van der Waals surface area (Å²) in [6.45, 7) is 7.25. The molecule has 0 amide bonds. The summed E-state index contributed by atoms with van der Waals surface area (Å²) < 4.78 is 5.63. The van der Waals surface area contributed by atoms with Gasteiger partial charge in [-0.2, -0.15) is 11.8 Å². The van der Waals surface area contributed by atoms with Crippen molar-refractivity contribution in [2.75, 3.05) is 12.0 Å².